The van der Waals surface area contributed by atoms with Crippen molar-refractivity contribution < 1.29 is 30.0 Å². The van der Waals surface area contributed by atoms with E-state index in [-0.39, 0.29) is 30.5 Å². The Morgan fingerprint density at radius 1 is 1.35 bits per heavy atom. The first-order valence-electron chi connectivity index (χ1n) is 9.65. The van der Waals surface area contributed by atoms with Gasteiger partial charge in [-0.15, -0.1) is 0 Å². The molecule has 6 heteroatoms. The number of carboxylic acid groups (broad SMARTS) is 1. The van der Waals surface area contributed by atoms with Crippen LogP contribution in [0.3, 0.4) is 0 Å². The summed E-state index contributed by atoms with van der Waals surface area (Å²) < 4.78 is 5.91. The summed E-state index contributed by atoms with van der Waals surface area (Å²) in [5, 5.41) is 40.0. The Balaban J connectivity index is 1.81. The second-order valence-corrected chi connectivity index (χ2v) is 7.57. The minimum Gasteiger partial charge on any atom is -0.550 e. The van der Waals surface area contributed by atoms with Crippen LogP contribution in [-0.2, 0) is 9.53 Å². The van der Waals surface area contributed by atoms with Crippen LogP contribution < -0.4 is 5.11 Å². The van der Waals surface area contributed by atoms with Gasteiger partial charge in [0.1, 0.15) is 6.10 Å². The minimum atomic E-state index is -1.03. The molecule has 3 N–H and O–H groups in total. The van der Waals surface area contributed by atoms with E-state index in [1.165, 1.54) is 0 Å². The maximum atomic E-state index is 10.4. The Hall–Kier alpha value is -1.37. The van der Waals surface area contributed by atoms with Gasteiger partial charge in [-0.3, -0.25) is 0 Å². The monoisotopic (exact) mass is 367 g/mol. The SMILES string of the molecule is CC(O)CCC[C@H](O)/C=C/[C@@H]1[C@H]2C/C(=C/CCCC(=O)[O-])O[C@H]2C[C@H]1O. The highest BCUT2D eigenvalue weighted by Crippen LogP contribution is 2.45. The van der Waals surface area contributed by atoms with Gasteiger partial charge >= 0.3 is 0 Å². The summed E-state index contributed by atoms with van der Waals surface area (Å²) >= 11 is 0. The summed E-state index contributed by atoms with van der Waals surface area (Å²) in [6.45, 7) is 1.74. The quantitative estimate of drug-likeness (QED) is 0.393. The first-order chi connectivity index (χ1) is 12.4. The lowest BCUT2D eigenvalue weighted by Gasteiger charge is -2.16. The summed E-state index contributed by atoms with van der Waals surface area (Å²) in [5.41, 5.74) is 0. The summed E-state index contributed by atoms with van der Waals surface area (Å²) in [6.07, 6.45) is 8.77. The number of aliphatic hydroxyl groups is 3. The van der Waals surface area contributed by atoms with Gasteiger partial charge < -0.3 is 30.0 Å². The summed E-state index contributed by atoms with van der Waals surface area (Å²) in [6, 6.07) is 0. The van der Waals surface area contributed by atoms with Crippen LogP contribution >= 0.6 is 0 Å². The first-order valence-corrected chi connectivity index (χ1v) is 9.65. The number of hydrogen-bond donors (Lipinski definition) is 3. The Bertz CT molecular complexity index is 512. The molecule has 148 valence electrons. The van der Waals surface area contributed by atoms with Crippen molar-refractivity contribution in [3.8, 4) is 0 Å². The number of hydrogen-bond acceptors (Lipinski definition) is 6. The van der Waals surface area contributed by atoms with E-state index in [1.807, 2.05) is 12.2 Å². The van der Waals surface area contributed by atoms with Crippen molar-refractivity contribution in [2.75, 3.05) is 0 Å². The number of aliphatic hydroxyl groups excluding tert-OH is 3. The van der Waals surface area contributed by atoms with Gasteiger partial charge in [-0.1, -0.05) is 12.2 Å². The molecule has 2 fully saturated rings. The number of ether oxygens (including phenoxy) is 1. The van der Waals surface area contributed by atoms with Gasteiger partial charge in [0.15, 0.2) is 0 Å². The van der Waals surface area contributed by atoms with Gasteiger partial charge in [-0.2, -0.15) is 0 Å². The Morgan fingerprint density at radius 3 is 2.81 bits per heavy atom. The molecule has 0 radical (unpaired) electrons. The third-order valence-corrected chi connectivity index (χ3v) is 5.26. The lowest BCUT2D eigenvalue weighted by atomic mass is 9.90. The van der Waals surface area contributed by atoms with E-state index in [2.05, 4.69) is 0 Å². The van der Waals surface area contributed by atoms with Crippen LogP contribution in [0, 0.1) is 11.8 Å². The van der Waals surface area contributed by atoms with Gasteiger partial charge in [0, 0.05) is 30.6 Å². The lowest BCUT2D eigenvalue weighted by Crippen LogP contribution is -2.21. The molecule has 2 aliphatic rings. The van der Waals surface area contributed by atoms with Crippen LogP contribution in [0.2, 0.25) is 0 Å². The minimum absolute atomic E-state index is 0.0144. The third-order valence-electron chi connectivity index (χ3n) is 5.26. The number of unbranched alkanes of at least 4 members (excludes halogenated alkanes) is 1. The summed E-state index contributed by atoms with van der Waals surface area (Å²) in [4.78, 5) is 10.4. The Labute approximate surface area is 155 Å². The maximum Gasteiger partial charge on any atom is 0.105 e. The number of allylic oxidation sites excluding steroid dienone is 2. The fourth-order valence-corrected chi connectivity index (χ4v) is 3.87. The second kappa shape index (κ2) is 10.1. The van der Waals surface area contributed by atoms with E-state index in [4.69, 9.17) is 4.74 Å². The molecule has 0 bridgehead atoms. The first kappa shape index (κ1) is 20.9. The molecular weight excluding hydrogens is 336 g/mol. The second-order valence-electron chi connectivity index (χ2n) is 7.57. The Kier molecular flexibility index (Phi) is 8.13. The van der Waals surface area contributed by atoms with Crippen molar-refractivity contribution >= 4 is 5.97 Å². The summed E-state index contributed by atoms with van der Waals surface area (Å²) in [7, 11) is 0. The predicted molar refractivity (Wildman–Crippen MR) is 94.7 cm³/mol. The number of carbonyl (C=O) groups excluding carboxylic acids is 1. The number of carbonyl (C=O) groups is 1. The van der Waals surface area contributed by atoms with E-state index < -0.39 is 18.2 Å². The molecule has 1 aliphatic heterocycles. The molecule has 1 unspecified atom stereocenters. The largest absolute Gasteiger partial charge is 0.550 e. The van der Waals surface area contributed by atoms with E-state index in [1.54, 1.807) is 13.0 Å². The standard InChI is InChI=1S/C20H32O6/c1-13(21)5-4-6-14(22)9-10-16-17-11-15(7-2-3-8-20(24)25)26-19(17)12-18(16)23/h7,9-10,13-14,16-19,21-23H,2-6,8,11-12H2,1H3,(H,24,25)/p-1/b10-9+,15-7-/t13?,14-,16+,17+,18+,19-/m0/s1. The van der Waals surface area contributed by atoms with Crippen molar-refractivity contribution in [1.82, 2.24) is 0 Å². The van der Waals surface area contributed by atoms with E-state index in [0.29, 0.717) is 32.1 Å². The molecule has 6 atom stereocenters. The van der Waals surface area contributed by atoms with E-state index >= 15 is 0 Å². The highest BCUT2D eigenvalue weighted by molar-refractivity contribution is 5.64. The molecule has 0 aromatic heterocycles. The van der Waals surface area contributed by atoms with Crippen LogP contribution in [0.15, 0.2) is 24.0 Å². The average molecular weight is 367 g/mol. The smallest absolute Gasteiger partial charge is 0.105 e. The number of rotatable bonds is 10. The van der Waals surface area contributed by atoms with Gasteiger partial charge in [-0.05, 0) is 51.5 Å². The van der Waals surface area contributed by atoms with Crippen molar-refractivity contribution in [2.45, 2.75) is 82.7 Å². The zero-order chi connectivity index (χ0) is 19.1. The van der Waals surface area contributed by atoms with E-state index in [9.17, 15) is 25.2 Å². The van der Waals surface area contributed by atoms with Crippen LogP contribution in [0.25, 0.3) is 0 Å². The maximum absolute atomic E-state index is 10.4. The lowest BCUT2D eigenvalue weighted by molar-refractivity contribution is -0.305. The topological polar surface area (TPSA) is 110 Å². The number of aliphatic carboxylic acids is 1. The molecule has 26 heavy (non-hydrogen) atoms. The third kappa shape index (κ3) is 6.41. The Morgan fingerprint density at radius 2 is 2.12 bits per heavy atom. The summed E-state index contributed by atoms with van der Waals surface area (Å²) in [5.74, 6) is -0.00657. The molecule has 1 heterocycles. The fourth-order valence-electron chi connectivity index (χ4n) is 3.87. The highest BCUT2D eigenvalue weighted by Gasteiger charge is 2.46. The predicted octanol–water partition coefficient (Wildman–Crippen LogP) is 1.04. The van der Waals surface area contributed by atoms with Crippen molar-refractivity contribution in [3.05, 3.63) is 24.0 Å². The van der Waals surface area contributed by atoms with Crippen molar-refractivity contribution in [3.63, 3.8) is 0 Å². The zero-order valence-electron chi connectivity index (χ0n) is 15.4. The van der Waals surface area contributed by atoms with Crippen LogP contribution in [0.4, 0.5) is 0 Å². The molecule has 1 saturated carbocycles. The molecule has 0 aromatic carbocycles. The molecule has 0 aromatic rings. The van der Waals surface area contributed by atoms with Crippen LogP contribution in [0.1, 0.15) is 58.3 Å². The fraction of sp³-hybridized carbons (Fsp3) is 0.750. The molecule has 2 rings (SSSR count). The van der Waals surface area contributed by atoms with Gasteiger partial charge in [0.05, 0.1) is 24.1 Å². The molecule has 0 amide bonds. The molecule has 1 saturated heterocycles. The van der Waals surface area contributed by atoms with Crippen LogP contribution in [-0.4, -0.2) is 45.7 Å². The van der Waals surface area contributed by atoms with E-state index in [0.717, 1.165) is 18.6 Å². The number of carboxylic acids is 1. The molecular formula is C20H31O6-. The number of fused-ring (bicyclic) bond motifs is 1. The molecule has 6 nitrogen and oxygen atoms in total. The molecule has 1 aliphatic carbocycles. The van der Waals surface area contributed by atoms with Gasteiger partial charge in [0.2, 0.25) is 0 Å². The molecule has 0 spiro atoms. The average Bonchev–Trinajstić information content (AvgIpc) is 3.05. The normalized spacial score (nSPS) is 31.9. The van der Waals surface area contributed by atoms with Crippen LogP contribution in [0.5, 0.6) is 0 Å². The zero-order valence-corrected chi connectivity index (χ0v) is 15.4. The van der Waals surface area contributed by atoms with Gasteiger partial charge in [-0.25, -0.2) is 0 Å². The van der Waals surface area contributed by atoms with Crippen molar-refractivity contribution in [1.29, 1.82) is 0 Å². The van der Waals surface area contributed by atoms with Crippen molar-refractivity contribution in [2.24, 2.45) is 11.8 Å². The highest BCUT2D eigenvalue weighted by atomic mass is 16.5. The van der Waals surface area contributed by atoms with Gasteiger partial charge in [0.25, 0.3) is 0 Å².